The second-order valence-electron chi connectivity index (χ2n) is 5.28. The first-order valence-corrected chi connectivity index (χ1v) is 7.19. The first-order chi connectivity index (χ1) is 9.93. The number of aliphatic carboxylic acids is 1. The van der Waals surface area contributed by atoms with Gasteiger partial charge in [-0.05, 0) is 30.5 Å². The van der Waals surface area contributed by atoms with Gasteiger partial charge < -0.3 is 10.8 Å². The van der Waals surface area contributed by atoms with E-state index in [0.717, 1.165) is 12.8 Å². The van der Waals surface area contributed by atoms with Crippen molar-refractivity contribution in [3.05, 3.63) is 35.6 Å². The molecule has 0 fully saturated rings. The average molecular weight is 295 g/mol. The fraction of sp³-hybridized carbons (Fsp3) is 0.500. The van der Waals surface area contributed by atoms with Crippen molar-refractivity contribution < 1.29 is 19.1 Å². The molecular formula is C16H22FNO3. The number of carboxylic acids is 1. The van der Waals surface area contributed by atoms with E-state index >= 15 is 0 Å². The molecule has 0 aliphatic carbocycles. The van der Waals surface area contributed by atoms with Gasteiger partial charge in [0.1, 0.15) is 11.6 Å². The van der Waals surface area contributed by atoms with E-state index in [1.54, 1.807) is 0 Å². The Morgan fingerprint density at radius 1 is 1.29 bits per heavy atom. The third kappa shape index (κ3) is 6.04. The Balaban J connectivity index is 2.63. The minimum absolute atomic E-state index is 0.0857. The molecule has 4 nitrogen and oxygen atoms in total. The van der Waals surface area contributed by atoms with Crippen LogP contribution in [-0.4, -0.2) is 22.9 Å². The maximum atomic E-state index is 12.8. The van der Waals surface area contributed by atoms with Crippen molar-refractivity contribution in [3.8, 4) is 0 Å². The highest BCUT2D eigenvalue weighted by Crippen LogP contribution is 2.16. The van der Waals surface area contributed by atoms with Crippen molar-refractivity contribution in [2.45, 2.75) is 45.1 Å². The molecule has 1 aromatic carbocycles. The number of carbonyl (C=O) groups is 2. The van der Waals surface area contributed by atoms with Gasteiger partial charge in [0.05, 0.1) is 12.0 Å². The van der Waals surface area contributed by atoms with E-state index in [2.05, 4.69) is 0 Å². The third-order valence-electron chi connectivity index (χ3n) is 3.47. The summed E-state index contributed by atoms with van der Waals surface area (Å²) in [6, 6.07) is 5.03. The van der Waals surface area contributed by atoms with Gasteiger partial charge >= 0.3 is 5.97 Å². The number of Topliss-reactive ketones (excluding diaryl/α,β-unsaturated/α-hetero) is 1. The van der Waals surface area contributed by atoms with E-state index in [0.29, 0.717) is 12.0 Å². The average Bonchev–Trinajstić information content (AvgIpc) is 2.45. The van der Waals surface area contributed by atoms with Crippen molar-refractivity contribution >= 4 is 11.8 Å². The molecule has 1 aromatic rings. The number of nitrogens with two attached hydrogens (primary N) is 1. The lowest BCUT2D eigenvalue weighted by molar-refractivity contribution is -0.143. The second kappa shape index (κ2) is 8.52. The number of rotatable bonds is 9. The zero-order valence-corrected chi connectivity index (χ0v) is 12.2. The minimum Gasteiger partial charge on any atom is -0.481 e. The molecular weight excluding hydrogens is 273 g/mol. The molecule has 5 heteroatoms. The van der Waals surface area contributed by atoms with Crippen LogP contribution in [-0.2, 0) is 16.0 Å². The van der Waals surface area contributed by atoms with Gasteiger partial charge in [0.25, 0.3) is 0 Å². The number of benzene rings is 1. The molecule has 0 aromatic heterocycles. The van der Waals surface area contributed by atoms with Crippen molar-refractivity contribution in [1.29, 1.82) is 0 Å². The van der Waals surface area contributed by atoms with Crippen LogP contribution in [0.25, 0.3) is 0 Å². The molecule has 0 amide bonds. The lowest BCUT2D eigenvalue weighted by Gasteiger charge is -2.15. The molecule has 0 heterocycles. The van der Waals surface area contributed by atoms with Crippen LogP contribution in [0.15, 0.2) is 24.3 Å². The van der Waals surface area contributed by atoms with Crippen LogP contribution < -0.4 is 5.73 Å². The van der Waals surface area contributed by atoms with Gasteiger partial charge in [-0.1, -0.05) is 31.9 Å². The second-order valence-corrected chi connectivity index (χ2v) is 5.28. The summed E-state index contributed by atoms with van der Waals surface area (Å²) >= 11 is 0. The van der Waals surface area contributed by atoms with E-state index in [1.807, 2.05) is 6.92 Å². The highest BCUT2D eigenvalue weighted by Gasteiger charge is 2.24. The molecule has 0 saturated heterocycles. The van der Waals surface area contributed by atoms with Gasteiger partial charge in [0.15, 0.2) is 0 Å². The normalized spacial score (nSPS) is 13.7. The van der Waals surface area contributed by atoms with E-state index < -0.39 is 17.9 Å². The monoisotopic (exact) mass is 295 g/mol. The summed E-state index contributed by atoms with van der Waals surface area (Å²) in [7, 11) is 0. The van der Waals surface area contributed by atoms with Crippen LogP contribution in [0.3, 0.4) is 0 Å². The zero-order valence-electron chi connectivity index (χ0n) is 12.2. The van der Waals surface area contributed by atoms with Gasteiger partial charge in [-0.2, -0.15) is 0 Å². The molecule has 0 spiro atoms. The number of halogens is 1. The lowest BCUT2D eigenvalue weighted by Crippen LogP contribution is -2.33. The van der Waals surface area contributed by atoms with Crippen LogP contribution in [0.4, 0.5) is 4.39 Å². The van der Waals surface area contributed by atoms with Gasteiger partial charge in [-0.3, -0.25) is 9.59 Å². The molecule has 0 bridgehead atoms. The molecule has 0 aliphatic heterocycles. The fourth-order valence-corrected chi connectivity index (χ4v) is 2.13. The molecule has 116 valence electrons. The first kappa shape index (κ1) is 17.3. The molecule has 2 atom stereocenters. The third-order valence-corrected chi connectivity index (χ3v) is 3.47. The predicted molar refractivity (Wildman–Crippen MR) is 78.4 cm³/mol. The van der Waals surface area contributed by atoms with Crippen molar-refractivity contribution in [1.82, 2.24) is 0 Å². The minimum atomic E-state index is -1.03. The Labute approximate surface area is 124 Å². The van der Waals surface area contributed by atoms with Crippen LogP contribution >= 0.6 is 0 Å². The van der Waals surface area contributed by atoms with Crippen molar-refractivity contribution in [3.63, 3.8) is 0 Å². The number of unbranched alkanes of at least 4 members (excludes halogenated alkanes) is 1. The summed E-state index contributed by atoms with van der Waals surface area (Å²) in [5.41, 5.74) is 6.47. The molecule has 0 aliphatic rings. The summed E-state index contributed by atoms with van der Waals surface area (Å²) in [6.45, 7) is 2.01. The largest absolute Gasteiger partial charge is 0.481 e. The Bertz CT molecular complexity index is 473. The quantitative estimate of drug-likeness (QED) is 0.733. The number of ketones is 1. The van der Waals surface area contributed by atoms with Crippen LogP contribution in [0.1, 0.15) is 38.2 Å². The maximum Gasteiger partial charge on any atom is 0.307 e. The Morgan fingerprint density at radius 2 is 1.90 bits per heavy atom. The molecule has 21 heavy (non-hydrogen) atoms. The SMILES string of the molecule is CCCC[C@H](N)C(=O)CC(Cc1ccc(F)cc1)C(=O)O. The number of carbonyl (C=O) groups excluding carboxylic acids is 1. The highest BCUT2D eigenvalue weighted by molar-refractivity contribution is 5.87. The summed E-state index contributed by atoms with van der Waals surface area (Å²) in [6.07, 6.45) is 2.49. The van der Waals surface area contributed by atoms with Crippen LogP contribution in [0.2, 0.25) is 0 Å². The lowest BCUT2D eigenvalue weighted by atomic mass is 9.91. The van der Waals surface area contributed by atoms with E-state index in [9.17, 15) is 19.1 Å². The summed E-state index contributed by atoms with van der Waals surface area (Å²) in [5, 5.41) is 9.23. The fourth-order valence-electron chi connectivity index (χ4n) is 2.13. The molecule has 1 unspecified atom stereocenters. The zero-order chi connectivity index (χ0) is 15.8. The number of carboxylic acid groups (broad SMARTS) is 1. The predicted octanol–water partition coefficient (Wildman–Crippen LogP) is 2.55. The maximum absolute atomic E-state index is 12.8. The van der Waals surface area contributed by atoms with E-state index in [-0.39, 0.29) is 24.4 Å². The summed E-state index contributed by atoms with van der Waals surface area (Å²) in [4.78, 5) is 23.2. The van der Waals surface area contributed by atoms with Crippen LogP contribution in [0, 0.1) is 11.7 Å². The Hall–Kier alpha value is -1.75. The van der Waals surface area contributed by atoms with Crippen molar-refractivity contribution in [2.24, 2.45) is 11.7 Å². The number of hydrogen-bond acceptors (Lipinski definition) is 3. The van der Waals surface area contributed by atoms with Crippen LogP contribution in [0.5, 0.6) is 0 Å². The van der Waals surface area contributed by atoms with Gasteiger partial charge in [0, 0.05) is 6.42 Å². The number of hydrogen-bond donors (Lipinski definition) is 2. The molecule has 1 rings (SSSR count). The van der Waals surface area contributed by atoms with E-state index in [1.165, 1.54) is 24.3 Å². The van der Waals surface area contributed by atoms with Gasteiger partial charge in [-0.15, -0.1) is 0 Å². The standard InChI is InChI=1S/C16H22FNO3/c1-2-3-4-14(18)15(19)10-12(16(20)21)9-11-5-7-13(17)8-6-11/h5-8,12,14H,2-4,9-10,18H2,1H3,(H,20,21)/t12?,14-/m0/s1. The molecule has 3 N–H and O–H groups in total. The Morgan fingerprint density at radius 3 is 2.43 bits per heavy atom. The highest BCUT2D eigenvalue weighted by atomic mass is 19.1. The Kier molecular flexibility index (Phi) is 7.02. The van der Waals surface area contributed by atoms with Gasteiger partial charge in [-0.25, -0.2) is 4.39 Å². The molecule has 0 radical (unpaired) electrons. The summed E-state index contributed by atoms with van der Waals surface area (Å²) < 4.78 is 12.8. The smallest absolute Gasteiger partial charge is 0.307 e. The van der Waals surface area contributed by atoms with Crippen molar-refractivity contribution in [2.75, 3.05) is 0 Å². The van der Waals surface area contributed by atoms with Gasteiger partial charge in [0.2, 0.25) is 0 Å². The first-order valence-electron chi connectivity index (χ1n) is 7.19. The van der Waals surface area contributed by atoms with E-state index in [4.69, 9.17) is 5.73 Å². The summed E-state index contributed by atoms with van der Waals surface area (Å²) in [5.74, 6) is -2.45. The molecule has 0 saturated carbocycles. The topological polar surface area (TPSA) is 80.4 Å².